The van der Waals surface area contributed by atoms with Crippen molar-refractivity contribution in [2.45, 2.75) is 37.8 Å². The molecule has 26 heavy (non-hydrogen) atoms. The normalized spacial score (nSPS) is 24.5. The van der Waals surface area contributed by atoms with Gasteiger partial charge in [0.1, 0.15) is 12.4 Å². The van der Waals surface area contributed by atoms with Crippen LogP contribution in [0.15, 0.2) is 54.6 Å². The molecule has 0 aromatic heterocycles. The fraction of sp³-hybridized carbons (Fsp3) is 0.409. The number of nitrogens with zero attached hydrogens (tertiary/aromatic N) is 1. The smallest absolute Gasteiger partial charge is 0.226 e. The van der Waals surface area contributed by atoms with Gasteiger partial charge in [0.25, 0.3) is 0 Å². The third kappa shape index (κ3) is 3.61. The molecular weight excluding hydrogens is 324 g/mol. The van der Waals surface area contributed by atoms with Gasteiger partial charge >= 0.3 is 0 Å². The number of likely N-dealkylation sites (tertiary alicyclic amines) is 1. The SMILES string of the molecule is NCC1CCCN1C(=O)C1CC1c1ccc(OCc2ccccc2)cc1. The summed E-state index contributed by atoms with van der Waals surface area (Å²) < 4.78 is 5.84. The first-order valence-corrected chi connectivity index (χ1v) is 9.53. The number of hydrogen-bond donors (Lipinski definition) is 1. The van der Waals surface area contributed by atoms with E-state index < -0.39 is 0 Å². The molecule has 2 aromatic rings. The Bertz CT molecular complexity index is 744. The third-order valence-electron chi connectivity index (χ3n) is 5.60. The summed E-state index contributed by atoms with van der Waals surface area (Å²) in [5.41, 5.74) is 8.20. The van der Waals surface area contributed by atoms with Gasteiger partial charge in [0, 0.05) is 25.0 Å². The second-order valence-corrected chi connectivity index (χ2v) is 7.36. The summed E-state index contributed by atoms with van der Waals surface area (Å²) >= 11 is 0. The summed E-state index contributed by atoms with van der Waals surface area (Å²) in [7, 11) is 0. The van der Waals surface area contributed by atoms with Crippen LogP contribution in [0.5, 0.6) is 5.75 Å². The van der Waals surface area contributed by atoms with E-state index in [9.17, 15) is 4.79 Å². The van der Waals surface area contributed by atoms with Crippen molar-refractivity contribution in [3.8, 4) is 5.75 Å². The first-order valence-electron chi connectivity index (χ1n) is 9.53. The van der Waals surface area contributed by atoms with Gasteiger partial charge in [-0.05, 0) is 48.4 Å². The summed E-state index contributed by atoms with van der Waals surface area (Å²) in [5.74, 6) is 1.65. The molecule has 0 radical (unpaired) electrons. The molecule has 1 saturated heterocycles. The maximum atomic E-state index is 12.7. The molecule has 2 aliphatic rings. The van der Waals surface area contributed by atoms with Crippen molar-refractivity contribution < 1.29 is 9.53 Å². The van der Waals surface area contributed by atoms with Crippen LogP contribution < -0.4 is 10.5 Å². The van der Waals surface area contributed by atoms with E-state index in [2.05, 4.69) is 24.3 Å². The molecule has 1 heterocycles. The Morgan fingerprint density at radius 3 is 2.62 bits per heavy atom. The molecule has 2 N–H and O–H groups in total. The van der Waals surface area contributed by atoms with E-state index in [1.807, 2.05) is 35.2 Å². The number of ether oxygens (including phenoxy) is 1. The third-order valence-corrected chi connectivity index (χ3v) is 5.60. The van der Waals surface area contributed by atoms with Crippen molar-refractivity contribution in [1.82, 2.24) is 4.90 Å². The van der Waals surface area contributed by atoms with Crippen molar-refractivity contribution in [1.29, 1.82) is 0 Å². The molecule has 4 rings (SSSR count). The Morgan fingerprint density at radius 1 is 1.12 bits per heavy atom. The number of rotatable bonds is 6. The molecule has 4 heteroatoms. The van der Waals surface area contributed by atoms with Crippen LogP contribution in [0.3, 0.4) is 0 Å². The molecule has 3 atom stereocenters. The van der Waals surface area contributed by atoms with Crippen LogP contribution in [-0.2, 0) is 11.4 Å². The molecule has 4 nitrogen and oxygen atoms in total. The van der Waals surface area contributed by atoms with Crippen molar-refractivity contribution in [3.63, 3.8) is 0 Å². The zero-order valence-corrected chi connectivity index (χ0v) is 15.0. The van der Waals surface area contributed by atoms with Crippen LogP contribution in [0.25, 0.3) is 0 Å². The summed E-state index contributed by atoms with van der Waals surface area (Å²) in [4.78, 5) is 14.7. The van der Waals surface area contributed by atoms with Crippen LogP contribution in [0.1, 0.15) is 36.3 Å². The lowest BCUT2D eigenvalue weighted by Gasteiger charge is -2.23. The Hall–Kier alpha value is -2.33. The van der Waals surface area contributed by atoms with E-state index in [1.165, 1.54) is 5.56 Å². The number of amides is 1. The lowest BCUT2D eigenvalue weighted by Crippen LogP contribution is -2.40. The lowest BCUT2D eigenvalue weighted by atomic mass is 10.1. The number of nitrogens with two attached hydrogens (primary N) is 1. The van der Waals surface area contributed by atoms with Crippen LogP contribution in [0.2, 0.25) is 0 Å². The molecule has 1 saturated carbocycles. The largest absolute Gasteiger partial charge is 0.489 e. The van der Waals surface area contributed by atoms with E-state index in [0.29, 0.717) is 25.0 Å². The second-order valence-electron chi connectivity index (χ2n) is 7.36. The minimum Gasteiger partial charge on any atom is -0.489 e. The zero-order valence-electron chi connectivity index (χ0n) is 15.0. The fourth-order valence-electron chi connectivity index (χ4n) is 3.97. The molecule has 2 aromatic carbocycles. The number of benzene rings is 2. The average Bonchev–Trinajstić information content (AvgIpc) is 3.35. The molecule has 1 amide bonds. The number of hydrogen-bond acceptors (Lipinski definition) is 3. The lowest BCUT2D eigenvalue weighted by molar-refractivity contribution is -0.133. The molecule has 1 aliphatic heterocycles. The van der Waals surface area contributed by atoms with Gasteiger partial charge in [-0.15, -0.1) is 0 Å². The van der Waals surface area contributed by atoms with Crippen LogP contribution in [-0.4, -0.2) is 29.9 Å². The molecule has 3 unspecified atom stereocenters. The van der Waals surface area contributed by atoms with Gasteiger partial charge in [-0.1, -0.05) is 42.5 Å². The Labute approximate surface area is 155 Å². The van der Waals surface area contributed by atoms with Crippen molar-refractivity contribution in [3.05, 3.63) is 65.7 Å². The van der Waals surface area contributed by atoms with E-state index >= 15 is 0 Å². The predicted molar refractivity (Wildman–Crippen MR) is 102 cm³/mol. The van der Waals surface area contributed by atoms with Crippen molar-refractivity contribution >= 4 is 5.91 Å². The Kier molecular flexibility index (Phi) is 4.93. The van der Waals surface area contributed by atoms with Gasteiger partial charge in [-0.3, -0.25) is 4.79 Å². The maximum Gasteiger partial charge on any atom is 0.226 e. The number of carbonyl (C=O) groups is 1. The predicted octanol–water partition coefficient (Wildman–Crippen LogP) is 3.32. The molecule has 2 fully saturated rings. The van der Waals surface area contributed by atoms with E-state index in [4.69, 9.17) is 10.5 Å². The van der Waals surface area contributed by atoms with Crippen LogP contribution in [0, 0.1) is 5.92 Å². The van der Waals surface area contributed by atoms with Gasteiger partial charge in [0.05, 0.1) is 0 Å². The van der Waals surface area contributed by atoms with Crippen LogP contribution >= 0.6 is 0 Å². The highest BCUT2D eigenvalue weighted by Gasteiger charge is 2.47. The summed E-state index contributed by atoms with van der Waals surface area (Å²) in [6.45, 7) is 2.02. The van der Waals surface area contributed by atoms with Gasteiger partial charge in [0.15, 0.2) is 0 Å². The van der Waals surface area contributed by atoms with Crippen molar-refractivity contribution in [2.75, 3.05) is 13.1 Å². The highest BCUT2D eigenvalue weighted by Crippen LogP contribution is 2.49. The Balaban J connectivity index is 1.33. The van der Waals surface area contributed by atoms with Gasteiger partial charge in [-0.2, -0.15) is 0 Å². The summed E-state index contributed by atoms with van der Waals surface area (Å²) in [6, 6.07) is 18.6. The summed E-state index contributed by atoms with van der Waals surface area (Å²) in [6.07, 6.45) is 3.09. The fourth-order valence-corrected chi connectivity index (χ4v) is 3.97. The molecule has 1 aliphatic carbocycles. The first-order chi connectivity index (χ1) is 12.8. The molecule has 0 spiro atoms. The van der Waals surface area contributed by atoms with E-state index in [1.54, 1.807) is 0 Å². The maximum absolute atomic E-state index is 12.7. The zero-order chi connectivity index (χ0) is 17.9. The summed E-state index contributed by atoms with van der Waals surface area (Å²) in [5, 5.41) is 0. The van der Waals surface area contributed by atoms with Gasteiger partial charge in [0.2, 0.25) is 5.91 Å². The quantitative estimate of drug-likeness (QED) is 0.869. The van der Waals surface area contributed by atoms with E-state index in [0.717, 1.165) is 37.1 Å². The second kappa shape index (κ2) is 7.50. The highest BCUT2D eigenvalue weighted by atomic mass is 16.5. The topological polar surface area (TPSA) is 55.6 Å². The van der Waals surface area contributed by atoms with Gasteiger partial charge in [-0.25, -0.2) is 0 Å². The molecular formula is C22H26N2O2. The minimum absolute atomic E-state index is 0.137. The molecule has 136 valence electrons. The Morgan fingerprint density at radius 2 is 1.88 bits per heavy atom. The molecule has 0 bridgehead atoms. The number of carbonyl (C=O) groups excluding carboxylic acids is 1. The van der Waals surface area contributed by atoms with E-state index in [-0.39, 0.29) is 12.0 Å². The minimum atomic E-state index is 0.137. The highest BCUT2D eigenvalue weighted by molar-refractivity contribution is 5.83. The van der Waals surface area contributed by atoms with Crippen molar-refractivity contribution in [2.24, 2.45) is 11.7 Å². The van der Waals surface area contributed by atoms with Gasteiger partial charge < -0.3 is 15.4 Å². The average molecular weight is 350 g/mol. The first kappa shape index (κ1) is 17.1. The monoisotopic (exact) mass is 350 g/mol. The standard InChI is InChI=1S/C22H26N2O2/c23-14-18-7-4-12-24(18)22(25)21-13-20(21)17-8-10-19(11-9-17)26-15-16-5-2-1-3-6-16/h1-3,5-6,8-11,18,20-21H,4,7,12-15,23H2. The van der Waals surface area contributed by atoms with Crippen LogP contribution in [0.4, 0.5) is 0 Å².